The number of nitrogens with one attached hydrogen (secondary N) is 2. The summed E-state index contributed by atoms with van der Waals surface area (Å²) < 4.78 is 0. The molecule has 1 amide bonds. The zero-order chi connectivity index (χ0) is 12.3. The van der Waals surface area contributed by atoms with E-state index in [2.05, 4.69) is 15.6 Å². The largest absolute Gasteiger partial charge is 0.346 e. The van der Waals surface area contributed by atoms with Crippen molar-refractivity contribution in [1.29, 1.82) is 0 Å². The third kappa shape index (κ3) is 2.71. The van der Waals surface area contributed by atoms with Crippen LogP contribution < -0.4 is 10.6 Å². The smallest absolute Gasteiger partial charge is 0.247 e. The molecule has 17 heavy (non-hydrogen) atoms. The van der Waals surface area contributed by atoms with Crippen LogP contribution in [0.1, 0.15) is 25.5 Å². The Hall–Kier alpha value is -1.68. The molecule has 1 atom stereocenters. The first kappa shape index (κ1) is 11.8. The number of nitrogens with zero attached hydrogens (tertiary/aromatic N) is 1. The number of pyridine rings is 1. The Bertz CT molecular complexity index is 433. The lowest BCUT2D eigenvalue weighted by molar-refractivity contribution is -0.118. The molecule has 4 nitrogen and oxygen atoms in total. The Labute approximate surface area is 101 Å². The van der Waals surface area contributed by atoms with Gasteiger partial charge in [-0.25, -0.2) is 0 Å². The van der Waals surface area contributed by atoms with Gasteiger partial charge in [-0.05, 0) is 37.1 Å². The molecule has 2 rings (SSSR count). The lowest BCUT2D eigenvalue weighted by atomic mass is 10.0. The molecular weight excluding hydrogens is 214 g/mol. The van der Waals surface area contributed by atoms with Gasteiger partial charge >= 0.3 is 0 Å². The quantitative estimate of drug-likeness (QED) is 0.768. The monoisotopic (exact) mass is 231 g/mol. The van der Waals surface area contributed by atoms with Gasteiger partial charge in [-0.2, -0.15) is 0 Å². The van der Waals surface area contributed by atoms with Crippen LogP contribution in [-0.2, 0) is 4.79 Å². The summed E-state index contributed by atoms with van der Waals surface area (Å²) in [6.07, 6.45) is 3.47. The highest BCUT2D eigenvalue weighted by molar-refractivity contribution is 5.94. The van der Waals surface area contributed by atoms with Crippen LogP contribution in [0.15, 0.2) is 35.7 Å². The summed E-state index contributed by atoms with van der Waals surface area (Å²) in [6, 6.07) is 3.84. The highest BCUT2D eigenvalue weighted by Crippen LogP contribution is 2.13. The van der Waals surface area contributed by atoms with Gasteiger partial charge in [0.15, 0.2) is 0 Å². The maximum Gasteiger partial charge on any atom is 0.247 e. The van der Waals surface area contributed by atoms with E-state index in [0.29, 0.717) is 0 Å². The Morgan fingerprint density at radius 1 is 1.41 bits per heavy atom. The number of carbonyl (C=O) groups is 1. The summed E-state index contributed by atoms with van der Waals surface area (Å²) in [7, 11) is 0. The molecule has 1 aromatic rings. The van der Waals surface area contributed by atoms with Crippen molar-refractivity contribution >= 4 is 5.91 Å². The van der Waals surface area contributed by atoms with E-state index >= 15 is 0 Å². The van der Waals surface area contributed by atoms with Gasteiger partial charge < -0.3 is 10.6 Å². The maximum atomic E-state index is 11.9. The zero-order valence-corrected chi connectivity index (χ0v) is 10.2. The van der Waals surface area contributed by atoms with Crippen LogP contribution in [0.4, 0.5) is 0 Å². The van der Waals surface area contributed by atoms with Gasteiger partial charge in [-0.15, -0.1) is 0 Å². The second-order valence-electron chi connectivity index (χ2n) is 4.31. The lowest BCUT2D eigenvalue weighted by Crippen LogP contribution is -2.38. The van der Waals surface area contributed by atoms with E-state index in [4.69, 9.17) is 0 Å². The predicted octanol–water partition coefficient (Wildman–Crippen LogP) is 1.18. The van der Waals surface area contributed by atoms with Gasteiger partial charge in [0, 0.05) is 31.1 Å². The van der Waals surface area contributed by atoms with Crippen LogP contribution in [0.5, 0.6) is 0 Å². The van der Waals surface area contributed by atoms with Gasteiger partial charge in [-0.3, -0.25) is 9.78 Å². The minimum Gasteiger partial charge on any atom is -0.346 e. The van der Waals surface area contributed by atoms with Crippen molar-refractivity contribution in [2.75, 3.05) is 13.1 Å². The second kappa shape index (κ2) is 5.10. The molecule has 2 heterocycles. The maximum absolute atomic E-state index is 11.9. The number of aromatic nitrogens is 1. The van der Waals surface area contributed by atoms with Crippen molar-refractivity contribution < 1.29 is 4.79 Å². The Morgan fingerprint density at radius 2 is 2.06 bits per heavy atom. The molecule has 4 heteroatoms. The molecule has 90 valence electrons. The molecule has 1 saturated heterocycles. The number of hydrogen-bond donors (Lipinski definition) is 2. The molecule has 1 fully saturated rings. The standard InChI is InChI=1S/C13H17N3O/c1-9(12-7-15-8-12)13(17)16-10(2)11-3-5-14-6-4-11/h3-6,10,15H,7-8H2,1-2H3,(H,16,17)/t10-/m1/s1. The van der Waals surface area contributed by atoms with Crippen molar-refractivity contribution in [3.05, 3.63) is 41.2 Å². The summed E-state index contributed by atoms with van der Waals surface area (Å²) >= 11 is 0. The summed E-state index contributed by atoms with van der Waals surface area (Å²) in [5.74, 6) is 0.0193. The number of hydrogen-bond acceptors (Lipinski definition) is 3. The van der Waals surface area contributed by atoms with Gasteiger partial charge in [0.2, 0.25) is 5.91 Å². The predicted molar refractivity (Wildman–Crippen MR) is 66.4 cm³/mol. The van der Waals surface area contributed by atoms with E-state index in [1.54, 1.807) is 12.4 Å². The first-order valence-corrected chi connectivity index (χ1v) is 5.78. The average molecular weight is 231 g/mol. The minimum absolute atomic E-state index is 0.00841. The molecule has 0 spiro atoms. The fourth-order valence-corrected chi connectivity index (χ4v) is 1.72. The van der Waals surface area contributed by atoms with Crippen LogP contribution in [-0.4, -0.2) is 24.0 Å². The summed E-state index contributed by atoms with van der Waals surface area (Å²) in [6.45, 7) is 5.53. The van der Waals surface area contributed by atoms with Crippen molar-refractivity contribution in [1.82, 2.24) is 15.6 Å². The molecule has 0 radical (unpaired) electrons. The van der Waals surface area contributed by atoms with Crippen molar-refractivity contribution in [2.45, 2.75) is 19.9 Å². The molecule has 1 aliphatic rings. The number of amides is 1. The van der Waals surface area contributed by atoms with Crippen LogP contribution in [0, 0.1) is 0 Å². The Kier molecular flexibility index (Phi) is 3.54. The molecular formula is C13H17N3O. The number of rotatable bonds is 3. The van der Waals surface area contributed by atoms with Crippen LogP contribution in [0.2, 0.25) is 0 Å². The average Bonchev–Trinajstić information content (AvgIpc) is 2.27. The third-order valence-electron chi connectivity index (χ3n) is 3.10. The molecule has 2 N–H and O–H groups in total. The molecule has 0 aliphatic carbocycles. The van der Waals surface area contributed by atoms with Gasteiger partial charge in [0.1, 0.15) is 0 Å². The van der Waals surface area contributed by atoms with E-state index in [1.165, 1.54) is 5.57 Å². The summed E-state index contributed by atoms with van der Waals surface area (Å²) in [5.41, 5.74) is 3.10. The fraction of sp³-hybridized carbons (Fsp3) is 0.385. The molecule has 0 bridgehead atoms. The van der Waals surface area contributed by atoms with Gasteiger partial charge in [0.05, 0.1) is 6.04 Å². The molecule has 0 saturated carbocycles. The van der Waals surface area contributed by atoms with E-state index in [9.17, 15) is 4.79 Å². The highest BCUT2D eigenvalue weighted by Gasteiger charge is 2.17. The highest BCUT2D eigenvalue weighted by atomic mass is 16.1. The van der Waals surface area contributed by atoms with E-state index in [0.717, 1.165) is 24.2 Å². The SMILES string of the molecule is CC(C(=O)N[C@H](C)c1ccncc1)=C1CNC1. The Morgan fingerprint density at radius 3 is 2.59 bits per heavy atom. The topological polar surface area (TPSA) is 54.0 Å². The van der Waals surface area contributed by atoms with Crippen molar-refractivity contribution in [3.63, 3.8) is 0 Å². The zero-order valence-electron chi connectivity index (χ0n) is 10.2. The normalized spacial score (nSPS) is 16.0. The fourth-order valence-electron chi connectivity index (χ4n) is 1.72. The van der Waals surface area contributed by atoms with E-state index in [-0.39, 0.29) is 11.9 Å². The number of carbonyl (C=O) groups excluding carboxylic acids is 1. The van der Waals surface area contributed by atoms with E-state index in [1.807, 2.05) is 26.0 Å². The first-order valence-electron chi connectivity index (χ1n) is 5.78. The van der Waals surface area contributed by atoms with Crippen molar-refractivity contribution in [3.8, 4) is 0 Å². The minimum atomic E-state index is 0.00841. The molecule has 1 aromatic heterocycles. The molecule has 0 aromatic carbocycles. The van der Waals surface area contributed by atoms with Crippen LogP contribution >= 0.6 is 0 Å². The van der Waals surface area contributed by atoms with Gasteiger partial charge in [-0.1, -0.05) is 0 Å². The van der Waals surface area contributed by atoms with Crippen LogP contribution in [0.25, 0.3) is 0 Å². The molecule has 0 unspecified atom stereocenters. The van der Waals surface area contributed by atoms with Crippen LogP contribution in [0.3, 0.4) is 0 Å². The van der Waals surface area contributed by atoms with E-state index < -0.39 is 0 Å². The molecule has 1 aliphatic heterocycles. The third-order valence-corrected chi connectivity index (χ3v) is 3.10. The van der Waals surface area contributed by atoms with Gasteiger partial charge in [0.25, 0.3) is 0 Å². The summed E-state index contributed by atoms with van der Waals surface area (Å²) in [5, 5.41) is 6.13. The second-order valence-corrected chi connectivity index (χ2v) is 4.31. The summed E-state index contributed by atoms with van der Waals surface area (Å²) in [4.78, 5) is 15.9. The van der Waals surface area contributed by atoms with Crippen molar-refractivity contribution in [2.24, 2.45) is 0 Å². The first-order chi connectivity index (χ1) is 8.18. The Balaban J connectivity index is 1.99. The lowest BCUT2D eigenvalue weighted by Gasteiger charge is -2.22.